The van der Waals surface area contributed by atoms with Crippen LogP contribution in [0.4, 0.5) is 0 Å². The molecule has 0 aliphatic rings. The van der Waals surface area contributed by atoms with Crippen LogP contribution in [0.1, 0.15) is 126 Å². The van der Waals surface area contributed by atoms with Crippen LogP contribution in [0, 0.1) is 41.5 Å². The second kappa shape index (κ2) is 38.2. The van der Waals surface area contributed by atoms with Gasteiger partial charge in [0.25, 0.3) is 0 Å². The van der Waals surface area contributed by atoms with E-state index < -0.39 is 47.8 Å². The molecule has 0 heterocycles. The molecule has 0 aromatic heterocycles. The molecule has 0 atom stereocenters. The molecule has 0 spiro atoms. The molecule has 0 aliphatic heterocycles. The number of benzene rings is 6. The smallest absolute Gasteiger partial charge is 0.343 e. The number of carbonyl (C=O) groups is 8. The summed E-state index contributed by atoms with van der Waals surface area (Å²) in [5.74, 6) is -2.16. The SMILES string of the molecule is C=CC(=O)OCCCCOc1cc(C)c(C(=O)Oc2ccc(OC(=O)c3cc(C)c(OCCCCOC(=O)C=C)cc3C)c(C)c2)cc1C.C=CC(=O)OCCCCOc1ccc(C(=O)O)c(-c2ccc(-c3cc(OCCCCOC(=O)C=C)ccc3C(=O)O)c(C)c2)c1. The number of hydrogen-bond donors (Lipinski definition) is 2. The summed E-state index contributed by atoms with van der Waals surface area (Å²) >= 11 is 0. The van der Waals surface area contributed by atoms with Crippen LogP contribution in [0.5, 0.6) is 34.5 Å². The molecule has 6 aromatic rings. The fourth-order valence-electron chi connectivity index (χ4n) is 9.13. The van der Waals surface area contributed by atoms with E-state index in [1.54, 1.807) is 98.8 Å². The Morgan fingerprint density at radius 1 is 0.330 bits per heavy atom. The Balaban J connectivity index is 0.000000342. The lowest BCUT2D eigenvalue weighted by atomic mass is 9.91. The Morgan fingerprint density at radius 3 is 1.11 bits per heavy atom. The van der Waals surface area contributed by atoms with E-state index in [0.717, 1.165) is 41.0 Å². The molecule has 0 amide bonds. The van der Waals surface area contributed by atoms with Gasteiger partial charge in [-0.2, -0.15) is 0 Å². The lowest BCUT2D eigenvalue weighted by Crippen LogP contribution is -2.13. The third kappa shape index (κ3) is 23.5. The van der Waals surface area contributed by atoms with Gasteiger partial charge in [0.1, 0.15) is 34.5 Å². The predicted molar refractivity (Wildman–Crippen MR) is 352 cm³/mol. The van der Waals surface area contributed by atoms with E-state index in [4.69, 9.17) is 47.4 Å². The molecule has 0 fully saturated rings. The van der Waals surface area contributed by atoms with Gasteiger partial charge in [0.15, 0.2) is 0 Å². The van der Waals surface area contributed by atoms with Crippen molar-refractivity contribution in [3.05, 3.63) is 203 Å². The van der Waals surface area contributed by atoms with Gasteiger partial charge in [-0.3, -0.25) is 0 Å². The zero-order chi connectivity index (χ0) is 68.7. The van der Waals surface area contributed by atoms with Crippen molar-refractivity contribution in [1.82, 2.24) is 0 Å². The van der Waals surface area contributed by atoms with Gasteiger partial charge in [-0.05, 0) is 222 Å². The number of esters is 6. The molecular weight excluding hydrogens is 1210 g/mol. The summed E-state index contributed by atoms with van der Waals surface area (Å²) in [6.45, 7) is 27.0. The summed E-state index contributed by atoms with van der Waals surface area (Å²) in [5, 5.41) is 19.7. The van der Waals surface area contributed by atoms with Crippen molar-refractivity contribution in [2.75, 3.05) is 52.9 Å². The van der Waals surface area contributed by atoms with Crippen molar-refractivity contribution in [1.29, 1.82) is 0 Å². The Morgan fingerprint density at radius 2 is 0.702 bits per heavy atom. The van der Waals surface area contributed by atoms with Gasteiger partial charge in [0.05, 0.1) is 75.1 Å². The van der Waals surface area contributed by atoms with Gasteiger partial charge in [0, 0.05) is 29.9 Å². The number of carbonyl (C=O) groups excluding carboxylic acids is 6. The normalized spacial score (nSPS) is 10.4. The maximum Gasteiger partial charge on any atom is 0.343 e. The number of aromatic carboxylic acids is 2. The number of rotatable bonds is 36. The molecule has 2 N–H and O–H groups in total. The molecule has 6 aromatic carbocycles. The summed E-state index contributed by atoms with van der Waals surface area (Å²) in [6.07, 6.45) is 9.59. The molecule has 0 saturated heterocycles. The first kappa shape index (κ1) is 74.0. The molecular formula is C74H80O20. The van der Waals surface area contributed by atoms with Crippen LogP contribution in [0.25, 0.3) is 22.3 Å². The van der Waals surface area contributed by atoms with E-state index >= 15 is 0 Å². The number of hydrogen-bond acceptors (Lipinski definition) is 18. The minimum atomic E-state index is -1.10. The Kier molecular flexibility index (Phi) is 30.0. The van der Waals surface area contributed by atoms with Gasteiger partial charge in [-0.1, -0.05) is 44.5 Å². The molecule has 0 radical (unpaired) electrons. The number of aryl methyl sites for hydroxylation is 6. The topological polar surface area (TPSA) is 269 Å². The predicted octanol–water partition coefficient (Wildman–Crippen LogP) is 13.9. The lowest BCUT2D eigenvalue weighted by Gasteiger charge is -2.15. The van der Waals surface area contributed by atoms with Crippen LogP contribution in [0.3, 0.4) is 0 Å². The standard InChI is InChI=1S/C39H44O10.C35H36O10/c1-8-36(40)46-18-12-10-16-44-34-23-25(3)31(21-28(34)6)38(42)48-30-14-15-33(27(5)20-30)49-39(43)32-22-29(7)35(24-26(32)4)45-17-11-13-19-47-37(41)9-2;1-4-32(36)44-18-8-6-16-42-25-11-14-28(34(38)39)30(21-25)24-10-13-27(23(3)20-24)31-22-26(12-15-29(31)35(40)41)43-17-7-9-19-45-33(37)5-2/h8-9,14-15,20-24H,1-2,10-13,16-19H2,3-7H3;4-5,10-15,20-22H,1-2,6-9,16-19H2,3H3,(H,38,39)(H,40,41). The van der Waals surface area contributed by atoms with E-state index in [1.807, 2.05) is 27.7 Å². The number of ether oxygens (including phenoxy) is 10. The first-order valence-electron chi connectivity index (χ1n) is 30.4. The third-order valence-electron chi connectivity index (χ3n) is 14.2. The molecule has 0 unspecified atom stereocenters. The first-order chi connectivity index (χ1) is 45.1. The van der Waals surface area contributed by atoms with Crippen molar-refractivity contribution < 1.29 is 95.9 Å². The third-order valence-corrected chi connectivity index (χ3v) is 14.2. The Hall–Kier alpha value is -10.8. The van der Waals surface area contributed by atoms with E-state index in [2.05, 4.69) is 26.3 Å². The number of carboxylic acid groups (broad SMARTS) is 2. The number of carboxylic acids is 2. The number of unbranched alkanes of at least 4 members (excludes halogenated alkanes) is 4. The van der Waals surface area contributed by atoms with Crippen LogP contribution in [0.15, 0.2) is 148 Å². The Labute approximate surface area is 547 Å². The van der Waals surface area contributed by atoms with Gasteiger partial charge in [-0.25, -0.2) is 38.4 Å². The lowest BCUT2D eigenvalue weighted by molar-refractivity contribution is -0.138. The zero-order valence-corrected chi connectivity index (χ0v) is 53.9. The summed E-state index contributed by atoms with van der Waals surface area (Å²) in [6, 6.07) is 26.6. The summed E-state index contributed by atoms with van der Waals surface area (Å²) in [5.41, 5.74) is 7.47. The highest BCUT2D eigenvalue weighted by molar-refractivity contribution is 5.99. The molecule has 0 saturated carbocycles. The largest absolute Gasteiger partial charge is 0.494 e. The average Bonchev–Trinajstić information content (AvgIpc) is 0.814. The van der Waals surface area contributed by atoms with Crippen molar-refractivity contribution >= 4 is 47.8 Å². The summed E-state index contributed by atoms with van der Waals surface area (Å²) in [7, 11) is 0. The van der Waals surface area contributed by atoms with Gasteiger partial charge < -0.3 is 57.6 Å². The maximum absolute atomic E-state index is 13.1. The molecule has 0 bridgehead atoms. The summed E-state index contributed by atoms with van der Waals surface area (Å²) < 4.78 is 54.6. The zero-order valence-electron chi connectivity index (χ0n) is 53.9. The van der Waals surface area contributed by atoms with Gasteiger partial charge in [-0.15, -0.1) is 0 Å². The molecule has 94 heavy (non-hydrogen) atoms. The molecule has 0 aliphatic carbocycles. The first-order valence-corrected chi connectivity index (χ1v) is 30.4. The van der Waals surface area contributed by atoms with E-state index in [-0.39, 0.29) is 24.3 Å². The summed E-state index contributed by atoms with van der Waals surface area (Å²) in [4.78, 5) is 94.8. The van der Waals surface area contributed by atoms with Crippen molar-refractivity contribution in [2.24, 2.45) is 0 Å². The monoisotopic (exact) mass is 1290 g/mol. The van der Waals surface area contributed by atoms with E-state index in [1.165, 1.54) is 12.1 Å². The minimum absolute atomic E-state index is 0.0896. The van der Waals surface area contributed by atoms with Crippen molar-refractivity contribution in [3.8, 4) is 56.8 Å². The van der Waals surface area contributed by atoms with Crippen LogP contribution >= 0.6 is 0 Å². The highest BCUT2D eigenvalue weighted by atomic mass is 16.6. The van der Waals surface area contributed by atoms with E-state index in [0.29, 0.717) is 176 Å². The van der Waals surface area contributed by atoms with Crippen LogP contribution in [-0.4, -0.2) is 111 Å². The highest BCUT2D eigenvalue weighted by Crippen LogP contribution is 2.36. The average molecular weight is 1290 g/mol. The van der Waals surface area contributed by atoms with E-state index in [9.17, 15) is 48.6 Å². The van der Waals surface area contributed by atoms with Crippen LogP contribution < -0.4 is 28.4 Å². The second-order valence-electron chi connectivity index (χ2n) is 21.3. The minimum Gasteiger partial charge on any atom is -0.494 e. The van der Waals surface area contributed by atoms with Crippen molar-refractivity contribution in [3.63, 3.8) is 0 Å². The Bertz CT molecular complexity index is 3720. The van der Waals surface area contributed by atoms with Gasteiger partial charge >= 0.3 is 47.8 Å². The highest BCUT2D eigenvalue weighted by Gasteiger charge is 2.21. The van der Waals surface area contributed by atoms with Crippen LogP contribution in [0.2, 0.25) is 0 Å². The molecule has 496 valence electrons. The fraction of sp³-hybridized carbons (Fsp3) is 0.297. The molecule has 20 nitrogen and oxygen atoms in total. The quantitative estimate of drug-likeness (QED) is 0.0122. The molecule has 20 heteroatoms. The van der Waals surface area contributed by atoms with Gasteiger partial charge in [0.2, 0.25) is 0 Å². The second-order valence-corrected chi connectivity index (χ2v) is 21.3. The fourth-order valence-corrected chi connectivity index (χ4v) is 9.13. The van der Waals surface area contributed by atoms with Crippen LogP contribution in [-0.2, 0) is 38.1 Å². The van der Waals surface area contributed by atoms with Crippen molar-refractivity contribution in [2.45, 2.75) is 92.9 Å². The molecule has 6 rings (SSSR count). The maximum atomic E-state index is 13.1.